The minimum atomic E-state index is 0.0263. The van der Waals surface area contributed by atoms with Crippen LogP contribution in [0.2, 0.25) is 5.02 Å². The first kappa shape index (κ1) is 14.4. The Morgan fingerprint density at radius 3 is 2.79 bits per heavy atom. The zero-order valence-corrected chi connectivity index (χ0v) is 12.1. The van der Waals surface area contributed by atoms with Crippen molar-refractivity contribution in [1.82, 2.24) is 4.90 Å². The van der Waals surface area contributed by atoms with Crippen molar-refractivity contribution in [2.24, 2.45) is 11.7 Å². The van der Waals surface area contributed by atoms with Crippen LogP contribution in [0.5, 0.6) is 0 Å². The van der Waals surface area contributed by atoms with Crippen molar-refractivity contribution in [3.8, 4) is 0 Å². The number of amides is 1. The van der Waals surface area contributed by atoms with E-state index in [9.17, 15) is 4.79 Å². The quantitative estimate of drug-likeness (QED) is 0.922. The summed E-state index contributed by atoms with van der Waals surface area (Å²) in [4.78, 5) is 14.6. The van der Waals surface area contributed by atoms with E-state index in [0.717, 1.165) is 19.3 Å². The van der Waals surface area contributed by atoms with Crippen molar-refractivity contribution in [2.75, 3.05) is 13.1 Å². The Balaban J connectivity index is 2.22. The van der Waals surface area contributed by atoms with E-state index in [0.29, 0.717) is 29.6 Å². The van der Waals surface area contributed by atoms with Crippen molar-refractivity contribution in [3.63, 3.8) is 0 Å². The fraction of sp³-hybridized carbons (Fsp3) is 0.533. The van der Waals surface area contributed by atoms with Gasteiger partial charge < -0.3 is 10.6 Å². The molecule has 2 rings (SSSR count). The summed E-state index contributed by atoms with van der Waals surface area (Å²) in [5.41, 5.74) is 6.41. The van der Waals surface area contributed by atoms with Crippen molar-refractivity contribution >= 4 is 17.5 Å². The lowest BCUT2D eigenvalue weighted by Crippen LogP contribution is -2.44. The number of hydrogen-bond acceptors (Lipinski definition) is 2. The molecule has 104 valence electrons. The van der Waals surface area contributed by atoms with Crippen LogP contribution in [-0.2, 0) is 0 Å². The van der Waals surface area contributed by atoms with Gasteiger partial charge in [0.05, 0.1) is 10.6 Å². The van der Waals surface area contributed by atoms with Crippen LogP contribution in [-0.4, -0.2) is 29.9 Å². The molecule has 1 aliphatic rings. The summed E-state index contributed by atoms with van der Waals surface area (Å²) in [7, 11) is 0. The molecule has 19 heavy (non-hydrogen) atoms. The van der Waals surface area contributed by atoms with Gasteiger partial charge in [0.1, 0.15) is 0 Å². The molecular weight excluding hydrogens is 260 g/mol. The Bertz CT molecular complexity index is 450. The molecule has 2 unspecified atom stereocenters. The van der Waals surface area contributed by atoms with E-state index in [1.807, 2.05) is 24.0 Å². The number of benzene rings is 1. The Morgan fingerprint density at radius 1 is 1.42 bits per heavy atom. The predicted octanol–water partition coefficient (Wildman–Crippen LogP) is 2.93. The summed E-state index contributed by atoms with van der Waals surface area (Å²) in [6.07, 6.45) is 3.32. The summed E-state index contributed by atoms with van der Waals surface area (Å²) in [5.74, 6) is 0.449. The van der Waals surface area contributed by atoms with Gasteiger partial charge in [-0.15, -0.1) is 0 Å². The maximum Gasteiger partial charge on any atom is 0.255 e. The van der Waals surface area contributed by atoms with E-state index < -0.39 is 0 Å². The van der Waals surface area contributed by atoms with Gasteiger partial charge in [-0.3, -0.25) is 4.79 Å². The molecule has 2 N–H and O–H groups in total. The Hall–Kier alpha value is -1.06. The summed E-state index contributed by atoms with van der Waals surface area (Å²) >= 11 is 6.12. The third-order valence-electron chi connectivity index (χ3n) is 4.03. The zero-order valence-electron chi connectivity index (χ0n) is 11.3. The minimum absolute atomic E-state index is 0.0263. The second-order valence-corrected chi connectivity index (χ2v) is 5.47. The monoisotopic (exact) mass is 280 g/mol. The fourth-order valence-corrected chi connectivity index (χ4v) is 3.24. The first-order valence-corrected chi connectivity index (χ1v) is 7.32. The van der Waals surface area contributed by atoms with Crippen LogP contribution in [0.3, 0.4) is 0 Å². The maximum atomic E-state index is 12.6. The van der Waals surface area contributed by atoms with Gasteiger partial charge in [-0.05, 0) is 44.4 Å². The number of nitrogens with zero attached hydrogens (tertiary/aromatic N) is 1. The number of nitrogens with two attached hydrogens (primary N) is 1. The van der Waals surface area contributed by atoms with Crippen molar-refractivity contribution < 1.29 is 4.79 Å². The van der Waals surface area contributed by atoms with Crippen LogP contribution in [0.15, 0.2) is 24.3 Å². The van der Waals surface area contributed by atoms with Gasteiger partial charge in [-0.1, -0.05) is 30.2 Å². The van der Waals surface area contributed by atoms with Crippen LogP contribution >= 0.6 is 11.6 Å². The molecule has 1 aromatic carbocycles. The largest absolute Gasteiger partial charge is 0.336 e. The Labute approximate surface area is 119 Å². The second kappa shape index (κ2) is 6.40. The zero-order chi connectivity index (χ0) is 13.8. The normalized spacial score (nSPS) is 22.5. The molecule has 0 radical (unpaired) electrons. The lowest BCUT2D eigenvalue weighted by Gasteiger charge is -2.32. The minimum Gasteiger partial charge on any atom is -0.336 e. The molecule has 1 saturated carbocycles. The fourth-order valence-electron chi connectivity index (χ4n) is 3.02. The number of rotatable bonds is 4. The van der Waals surface area contributed by atoms with Gasteiger partial charge in [0.2, 0.25) is 0 Å². The number of hydrogen-bond donors (Lipinski definition) is 1. The highest BCUT2D eigenvalue weighted by atomic mass is 35.5. The highest BCUT2D eigenvalue weighted by Gasteiger charge is 2.33. The van der Waals surface area contributed by atoms with Gasteiger partial charge in [0, 0.05) is 12.6 Å². The molecule has 0 bridgehead atoms. The van der Waals surface area contributed by atoms with E-state index in [1.54, 1.807) is 12.1 Å². The first-order chi connectivity index (χ1) is 9.19. The van der Waals surface area contributed by atoms with Crippen LogP contribution in [0.4, 0.5) is 0 Å². The summed E-state index contributed by atoms with van der Waals surface area (Å²) in [6, 6.07) is 7.51. The SMILES string of the molecule is CCN(C(=O)c1ccccc1Cl)C1CCCC1CN. The lowest BCUT2D eigenvalue weighted by atomic mass is 10.0. The highest BCUT2D eigenvalue weighted by Crippen LogP contribution is 2.31. The third kappa shape index (κ3) is 2.93. The smallest absolute Gasteiger partial charge is 0.255 e. The van der Waals surface area contributed by atoms with Crippen molar-refractivity contribution in [3.05, 3.63) is 34.9 Å². The van der Waals surface area contributed by atoms with Gasteiger partial charge in [0.25, 0.3) is 5.91 Å². The summed E-state index contributed by atoms with van der Waals surface area (Å²) in [6.45, 7) is 3.36. The molecule has 0 aliphatic heterocycles. The van der Waals surface area contributed by atoms with Crippen LogP contribution in [0, 0.1) is 5.92 Å². The van der Waals surface area contributed by atoms with Gasteiger partial charge >= 0.3 is 0 Å². The van der Waals surface area contributed by atoms with Crippen molar-refractivity contribution in [2.45, 2.75) is 32.2 Å². The molecule has 1 aromatic rings. The molecule has 1 aliphatic carbocycles. The van der Waals surface area contributed by atoms with Gasteiger partial charge in [-0.2, -0.15) is 0 Å². The number of carbonyl (C=O) groups excluding carboxylic acids is 1. The molecule has 0 aromatic heterocycles. The molecule has 0 saturated heterocycles. The van der Waals surface area contributed by atoms with Crippen LogP contribution < -0.4 is 5.73 Å². The van der Waals surface area contributed by atoms with E-state index in [-0.39, 0.29) is 11.9 Å². The lowest BCUT2D eigenvalue weighted by molar-refractivity contribution is 0.0652. The predicted molar refractivity (Wildman–Crippen MR) is 78.3 cm³/mol. The molecule has 1 amide bonds. The highest BCUT2D eigenvalue weighted by molar-refractivity contribution is 6.33. The average Bonchev–Trinajstić information content (AvgIpc) is 2.88. The van der Waals surface area contributed by atoms with Crippen LogP contribution in [0.1, 0.15) is 36.5 Å². The maximum absolute atomic E-state index is 12.6. The Morgan fingerprint density at radius 2 is 2.16 bits per heavy atom. The second-order valence-electron chi connectivity index (χ2n) is 5.07. The molecule has 0 heterocycles. The summed E-state index contributed by atoms with van der Waals surface area (Å²) in [5, 5.41) is 0.522. The van der Waals surface area contributed by atoms with E-state index >= 15 is 0 Å². The molecule has 4 heteroatoms. The first-order valence-electron chi connectivity index (χ1n) is 6.94. The van der Waals surface area contributed by atoms with Crippen molar-refractivity contribution in [1.29, 1.82) is 0 Å². The number of carbonyl (C=O) groups is 1. The van der Waals surface area contributed by atoms with E-state index in [1.165, 1.54) is 0 Å². The van der Waals surface area contributed by atoms with Gasteiger partial charge in [0.15, 0.2) is 0 Å². The molecule has 3 nitrogen and oxygen atoms in total. The molecule has 1 fully saturated rings. The van der Waals surface area contributed by atoms with Crippen LogP contribution in [0.25, 0.3) is 0 Å². The van der Waals surface area contributed by atoms with E-state index in [4.69, 9.17) is 17.3 Å². The summed E-state index contributed by atoms with van der Waals surface area (Å²) < 4.78 is 0. The van der Waals surface area contributed by atoms with Gasteiger partial charge in [-0.25, -0.2) is 0 Å². The molecule has 2 atom stereocenters. The number of halogens is 1. The standard InChI is InChI=1S/C15H21ClN2O/c1-2-18(14-9-5-6-11(14)10-17)15(19)12-7-3-4-8-13(12)16/h3-4,7-8,11,14H,2,5-6,9-10,17H2,1H3. The third-order valence-corrected chi connectivity index (χ3v) is 4.36. The Kier molecular flexibility index (Phi) is 4.83. The molecule has 0 spiro atoms. The topological polar surface area (TPSA) is 46.3 Å². The average molecular weight is 281 g/mol. The van der Waals surface area contributed by atoms with E-state index in [2.05, 4.69) is 0 Å². The molecular formula is C15H21ClN2O.